The first-order chi connectivity index (χ1) is 7.86. The van der Waals surface area contributed by atoms with Gasteiger partial charge in [-0.2, -0.15) is 0 Å². The highest BCUT2D eigenvalue weighted by molar-refractivity contribution is 5.74. The summed E-state index contributed by atoms with van der Waals surface area (Å²) < 4.78 is 0. The highest BCUT2D eigenvalue weighted by atomic mass is 15.2. The van der Waals surface area contributed by atoms with Gasteiger partial charge in [0.1, 0.15) is 6.33 Å². The van der Waals surface area contributed by atoms with Crippen LogP contribution >= 0.6 is 0 Å². The number of rotatable bonds is 1. The van der Waals surface area contributed by atoms with E-state index < -0.39 is 0 Å². The second-order valence-electron chi connectivity index (χ2n) is 3.83. The van der Waals surface area contributed by atoms with Crippen molar-refractivity contribution in [1.29, 1.82) is 0 Å². The van der Waals surface area contributed by atoms with E-state index in [1.54, 1.807) is 6.20 Å². The van der Waals surface area contributed by atoms with Crippen LogP contribution in [0, 0.1) is 0 Å². The van der Waals surface area contributed by atoms with Crippen molar-refractivity contribution in [3.05, 3.63) is 42.4 Å². The molecule has 0 amide bonds. The molecule has 1 aromatic heterocycles. The Balaban J connectivity index is 2.08. The molecule has 0 aliphatic carbocycles. The molecule has 0 bridgehead atoms. The lowest BCUT2D eigenvalue weighted by atomic mass is 10.2. The molecule has 1 aliphatic heterocycles. The van der Waals surface area contributed by atoms with Gasteiger partial charge >= 0.3 is 0 Å². The van der Waals surface area contributed by atoms with Crippen LogP contribution in [-0.2, 0) is 6.42 Å². The van der Waals surface area contributed by atoms with Gasteiger partial charge in [-0.3, -0.25) is 0 Å². The van der Waals surface area contributed by atoms with Crippen LogP contribution in [0.2, 0.25) is 0 Å². The Labute approximate surface area is 93.8 Å². The van der Waals surface area contributed by atoms with Gasteiger partial charge in [0.25, 0.3) is 0 Å². The van der Waals surface area contributed by atoms with Gasteiger partial charge in [-0.05, 0) is 18.1 Å². The molecule has 4 heteroatoms. The molecule has 0 radical (unpaired) electrons. The molecule has 4 nitrogen and oxygen atoms in total. The van der Waals surface area contributed by atoms with Gasteiger partial charge in [-0.25, -0.2) is 9.97 Å². The first-order valence-electron chi connectivity index (χ1n) is 5.27. The highest BCUT2D eigenvalue weighted by Crippen LogP contribution is 2.35. The average Bonchev–Trinajstić information content (AvgIpc) is 2.74. The fourth-order valence-corrected chi connectivity index (χ4v) is 2.12. The van der Waals surface area contributed by atoms with E-state index in [0.717, 1.165) is 18.8 Å². The maximum atomic E-state index is 5.89. The molecule has 0 saturated carbocycles. The minimum absolute atomic E-state index is 0.624. The van der Waals surface area contributed by atoms with Crippen molar-refractivity contribution in [2.24, 2.45) is 0 Å². The van der Waals surface area contributed by atoms with Gasteiger partial charge in [-0.15, -0.1) is 0 Å². The first kappa shape index (κ1) is 9.15. The number of benzene rings is 1. The summed E-state index contributed by atoms with van der Waals surface area (Å²) in [5.41, 5.74) is 9.06. The normalized spacial score (nSPS) is 13.9. The summed E-state index contributed by atoms with van der Waals surface area (Å²) in [5.74, 6) is 0.806. The van der Waals surface area contributed by atoms with Gasteiger partial charge in [0, 0.05) is 12.2 Å². The molecule has 2 aromatic rings. The lowest BCUT2D eigenvalue weighted by Gasteiger charge is -2.19. The summed E-state index contributed by atoms with van der Waals surface area (Å²) in [6.45, 7) is 0.931. The average molecular weight is 212 g/mol. The number of fused-ring (bicyclic) bond motifs is 1. The van der Waals surface area contributed by atoms with Crippen molar-refractivity contribution in [2.75, 3.05) is 17.2 Å². The quantitative estimate of drug-likeness (QED) is 0.782. The standard InChI is InChI=1S/C12H12N4/c13-10-7-14-8-15-12(10)16-6-5-9-3-1-2-4-11(9)16/h1-4,7-8H,5-6,13H2. The summed E-state index contributed by atoms with van der Waals surface area (Å²) in [4.78, 5) is 10.3. The molecule has 1 aromatic carbocycles. The van der Waals surface area contributed by atoms with Gasteiger partial charge in [-0.1, -0.05) is 18.2 Å². The molecule has 3 rings (SSSR count). The predicted octanol–water partition coefficient (Wildman–Crippen LogP) is 1.75. The van der Waals surface area contributed by atoms with Crippen LogP contribution in [0.5, 0.6) is 0 Å². The number of para-hydroxylation sites is 1. The number of hydrogen-bond acceptors (Lipinski definition) is 4. The Bertz CT molecular complexity index is 524. The van der Waals surface area contributed by atoms with E-state index in [-0.39, 0.29) is 0 Å². The fraction of sp³-hybridized carbons (Fsp3) is 0.167. The minimum atomic E-state index is 0.624. The summed E-state index contributed by atoms with van der Waals surface area (Å²) in [7, 11) is 0. The van der Waals surface area contributed by atoms with E-state index in [1.807, 2.05) is 6.07 Å². The van der Waals surface area contributed by atoms with E-state index in [9.17, 15) is 0 Å². The Kier molecular flexibility index (Phi) is 1.99. The van der Waals surface area contributed by atoms with Crippen LogP contribution in [-0.4, -0.2) is 16.5 Å². The summed E-state index contributed by atoms with van der Waals surface area (Å²) in [5, 5.41) is 0. The van der Waals surface area contributed by atoms with Crippen molar-refractivity contribution in [3.63, 3.8) is 0 Å². The molecular weight excluding hydrogens is 200 g/mol. The largest absolute Gasteiger partial charge is 0.394 e. The summed E-state index contributed by atoms with van der Waals surface area (Å²) in [6, 6.07) is 8.34. The van der Waals surface area contributed by atoms with Crippen LogP contribution < -0.4 is 10.6 Å². The monoisotopic (exact) mass is 212 g/mol. The Morgan fingerprint density at radius 1 is 1.25 bits per heavy atom. The number of aromatic nitrogens is 2. The lowest BCUT2D eigenvalue weighted by Crippen LogP contribution is -2.16. The van der Waals surface area contributed by atoms with Gasteiger partial charge in [0.2, 0.25) is 0 Å². The molecule has 2 heterocycles. The fourth-order valence-electron chi connectivity index (χ4n) is 2.12. The Morgan fingerprint density at radius 3 is 3.00 bits per heavy atom. The van der Waals surface area contributed by atoms with Crippen molar-refractivity contribution in [2.45, 2.75) is 6.42 Å². The number of nitrogens with zero attached hydrogens (tertiary/aromatic N) is 3. The van der Waals surface area contributed by atoms with Crippen molar-refractivity contribution in [1.82, 2.24) is 9.97 Å². The zero-order valence-electron chi connectivity index (χ0n) is 8.80. The first-order valence-corrected chi connectivity index (χ1v) is 5.27. The maximum absolute atomic E-state index is 5.89. The van der Waals surface area contributed by atoms with E-state index in [2.05, 4.69) is 33.1 Å². The third-order valence-corrected chi connectivity index (χ3v) is 2.86. The number of anilines is 3. The molecule has 0 unspecified atom stereocenters. The second-order valence-corrected chi connectivity index (χ2v) is 3.83. The highest BCUT2D eigenvalue weighted by Gasteiger charge is 2.21. The summed E-state index contributed by atoms with van der Waals surface area (Å²) in [6.07, 6.45) is 4.22. The smallest absolute Gasteiger partial charge is 0.159 e. The van der Waals surface area contributed by atoms with E-state index in [0.29, 0.717) is 5.69 Å². The Hall–Kier alpha value is -2.10. The van der Waals surface area contributed by atoms with Crippen LogP contribution in [0.15, 0.2) is 36.8 Å². The Morgan fingerprint density at radius 2 is 2.12 bits per heavy atom. The van der Waals surface area contributed by atoms with Crippen molar-refractivity contribution in [3.8, 4) is 0 Å². The molecule has 0 spiro atoms. The zero-order chi connectivity index (χ0) is 11.0. The zero-order valence-corrected chi connectivity index (χ0v) is 8.80. The van der Waals surface area contributed by atoms with Crippen LogP contribution in [0.25, 0.3) is 0 Å². The van der Waals surface area contributed by atoms with Gasteiger partial charge < -0.3 is 10.6 Å². The van der Waals surface area contributed by atoms with Gasteiger partial charge in [0.05, 0.1) is 11.9 Å². The van der Waals surface area contributed by atoms with Gasteiger partial charge in [0.15, 0.2) is 5.82 Å². The maximum Gasteiger partial charge on any atom is 0.159 e. The van der Waals surface area contributed by atoms with Crippen LogP contribution in [0.3, 0.4) is 0 Å². The van der Waals surface area contributed by atoms with E-state index in [1.165, 1.54) is 17.6 Å². The third kappa shape index (κ3) is 1.31. The molecule has 16 heavy (non-hydrogen) atoms. The lowest BCUT2D eigenvalue weighted by molar-refractivity contribution is 0.967. The van der Waals surface area contributed by atoms with Crippen LogP contribution in [0.4, 0.5) is 17.2 Å². The van der Waals surface area contributed by atoms with Crippen LogP contribution in [0.1, 0.15) is 5.56 Å². The SMILES string of the molecule is Nc1cncnc1N1CCc2ccccc21. The second kappa shape index (κ2) is 3.48. The molecule has 0 atom stereocenters. The molecular formula is C12H12N4. The molecule has 80 valence electrons. The summed E-state index contributed by atoms with van der Waals surface area (Å²) >= 11 is 0. The minimum Gasteiger partial charge on any atom is -0.394 e. The molecule has 1 aliphatic rings. The van der Waals surface area contributed by atoms with E-state index >= 15 is 0 Å². The number of nitrogen functional groups attached to an aromatic ring is 1. The number of hydrogen-bond donors (Lipinski definition) is 1. The third-order valence-electron chi connectivity index (χ3n) is 2.86. The molecule has 2 N–H and O–H groups in total. The van der Waals surface area contributed by atoms with Crippen molar-refractivity contribution < 1.29 is 0 Å². The topological polar surface area (TPSA) is 55.0 Å². The van der Waals surface area contributed by atoms with E-state index in [4.69, 9.17) is 5.73 Å². The number of nitrogens with two attached hydrogens (primary N) is 1. The van der Waals surface area contributed by atoms with Crippen molar-refractivity contribution >= 4 is 17.2 Å². The molecule has 0 fully saturated rings. The molecule has 0 saturated heterocycles. The predicted molar refractivity (Wildman–Crippen MR) is 63.6 cm³/mol.